The third-order valence-electron chi connectivity index (χ3n) is 13.9. The highest BCUT2D eigenvalue weighted by Gasteiger charge is 2.78. The molecule has 3 aliphatic carbocycles. The number of nitrogens with one attached hydrogen (secondary N) is 1. The zero-order valence-electron chi connectivity index (χ0n) is 37.7. The fraction of sp³-hybridized carbons (Fsp3) is 0.689. The first-order chi connectivity index (χ1) is 30.1. The van der Waals surface area contributed by atoms with Gasteiger partial charge in [0.15, 0.2) is 23.6 Å². The Balaban J connectivity index is 1.54. The Hall–Kier alpha value is -3.72. The van der Waals surface area contributed by atoms with Crippen LogP contribution in [-0.4, -0.2) is 155 Å². The van der Waals surface area contributed by atoms with Gasteiger partial charge in [-0.25, -0.2) is 14.4 Å². The Morgan fingerprint density at radius 1 is 1.03 bits per heavy atom. The van der Waals surface area contributed by atoms with Crippen LogP contribution in [0.25, 0.3) is 0 Å². The van der Waals surface area contributed by atoms with E-state index in [2.05, 4.69) is 5.32 Å². The first kappa shape index (κ1) is 49.7. The molecule has 4 N–H and O–H groups in total. The van der Waals surface area contributed by atoms with E-state index in [1.807, 2.05) is 20.1 Å². The number of fused-ring (bicyclic) bond motifs is 5. The zero-order chi connectivity index (χ0) is 46.9. The quantitative estimate of drug-likeness (QED) is 0.0688. The van der Waals surface area contributed by atoms with Crippen molar-refractivity contribution in [3.8, 4) is 0 Å². The maximum atomic E-state index is 15.8. The van der Waals surface area contributed by atoms with E-state index in [0.29, 0.717) is 5.75 Å². The topological polar surface area (TPSA) is 234 Å². The van der Waals surface area contributed by atoms with Crippen molar-refractivity contribution >= 4 is 57.3 Å². The average molecular weight is 935 g/mol. The lowest BCUT2D eigenvalue weighted by atomic mass is 9.44. The van der Waals surface area contributed by atoms with Crippen LogP contribution in [0.4, 0.5) is 4.79 Å². The van der Waals surface area contributed by atoms with Gasteiger partial charge in [0, 0.05) is 50.4 Å². The predicted molar refractivity (Wildman–Crippen MR) is 234 cm³/mol. The highest BCUT2D eigenvalue weighted by Crippen LogP contribution is 2.64. The van der Waals surface area contributed by atoms with Crippen LogP contribution in [-0.2, 0) is 47.6 Å². The number of ether oxygens (including phenoxy) is 6. The summed E-state index contributed by atoms with van der Waals surface area (Å²) in [5, 5.41) is 40.4. The van der Waals surface area contributed by atoms with Crippen LogP contribution in [0.3, 0.4) is 0 Å². The molecule has 2 amide bonds. The average Bonchev–Trinajstić information content (AvgIpc) is 3.24. The highest BCUT2D eigenvalue weighted by atomic mass is 33.1. The largest absolute Gasteiger partial charge is 0.456 e. The van der Waals surface area contributed by atoms with Gasteiger partial charge >= 0.3 is 24.0 Å². The molecule has 2 bridgehead atoms. The van der Waals surface area contributed by atoms with Crippen molar-refractivity contribution in [3.63, 3.8) is 0 Å². The summed E-state index contributed by atoms with van der Waals surface area (Å²) in [5.74, 6) is -5.20. The predicted octanol–water partition coefficient (Wildman–Crippen LogP) is 3.40. The Morgan fingerprint density at radius 3 is 2.30 bits per heavy atom. The van der Waals surface area contributed by atoms with Gasteiger partial charge in [-0.3, -0.25) is 14.4 Å². The van der Waals surface area contributed by atoms with Gasteiger partial charge in [-0.05, 0) is 55.7 Å². The molecule has 2 saturated carbocycles. The lowest BCUT2D eigenvalue weighted by Crippen LogP contribution is -2.82. The fourth-order valence-corrected chi connectivity index (χ4v) is 11.6. The summed E-state index contributed by atoms with van der Waals surface area (Å²) in [4.78, 5) is 86.0. The first-order valence-electron chi connectivity index (χ1n) is 21.7. The number of ketones is 1. The number of esters is 3. The molecule has 2 aliphatic heterocycles. The van der Waals surface area contributed by atoms with Gasteiger partial charge in [-0.15, -0.1) is 0 Å². The summed E-state index contributed by atoms with van der Waals surface area (Å²) in [6, 6.07) is 6.84. The minimum Gasteiger partial charge on any atom is -0.456 e. The van der Waals surface area contributed by atoms with Gasteiger partial charge in [0.25, 0.3) is 0 Å². The van der Waals surface area contributed by atoms with Gasteiger partial charge in [0.1, 0.15) is 23.9 Å². The van der Waals surface area contributed by atoms with E-state index in [-0.39, 0.29) is 80.7 Å². The van der Waals surface area contributed by atoms with Crippen LogP contribution in [0, 0.1) is 22.7 Å². The summed E-state index contributed by atoms with van der Waals surface area (Å²) in [5.41, 5.74) is -7.62. The van der Waals surface area contributed by atoms with E-state index in [9.17, 15) is 39.3 Å². The van der Waals surface area contributed by atoms with Crippen molar-refractivity contribution in [1.82, 2.24) is 10.2 Å². The third kappa shape index (κ3) is 9.19. The normalized spacial score (nSPS) is 32.9. The number of amides is 2. The summed E-state index contributed by atoms with van der Waals surface area (Å²) in [7, 11) is 2.99. The molecule has 1 aromatic rings. The molecule has 5 aliphatic rings. The molecule has 0 unspecified atom stereocenters. The summed E-state index contributed by atoms with van der Waals surface area (Å²) < 4.78 is 36.3. The second-order valence-corrected chi connectivity index (χ2v) is 21.2. The van der Waals surface area contributed by atoms with Crippen LogP contribution in [0.2, 0.25) is 0 Å². The molecule has 2 saturated heterocycles. The highest BCUT2D eigenvalue weighted by molar-refractivity contribution is 8.76. The maximum Gasteiger partial charge on any atom is 0.410 e. The van der Waals surface area contributed by atoms with Crippen LogP contribution < -0.4 is 5.32 Å². The monoisotopic (exact) mass is 934 g/mol. The lowest BCUT2D eigenvalue weighted by molar-refractivity contribution is -0.346. The number of aliphatic hydroxyl groups is 3. The molecule has 64 heavy (non-hydrogen) atoms. The van der Waals surface area contributed by atoms with E-state index in [0.717, 1.165) is 6.92 Å². The standard InChI is InChI=1S/C45H62N2O15S2/c1-24(2)20-28(46-32(50)14-19-64-63-8)34(51)40(54)59-29-22-45(56)38(61-39(53)27-12-10-9-11-13-27)36-43(7,30(49)21-31-44(36,23-58-31)62-26(4)48)37(52)35(33(25(29)3)42(45,5)6)60-41(55)47-15-17-57-18-16-47/h9-13,24,28-31,34-36,38,49,51,56H,14-23H2,1-8H3,(H,46,50)/t28-,29-,30-,31+,34+,35+,36-,38-,43+,44-,45+/m0/s1. The molecule has 2 heterocycles. The minimum absolute atomic E-state index is 0.0135. The molecule has 19 heteroatoms. The Morgan fingerprint density at radius 2 is 1.70 bits per heavy atom. The lowest BCUT2D eigenvalue weighted by Gasteiger charge is -2.67. The van der Waals surface area contributed by atoms with E-state index >= 15 is 4.79 Å². The number of aliphatic hydroxyl groups excluding tert-OH is 2. The Kier molecular flexibility index (Phi) is 15.2. The molecule has 0 spiro atoms. The van der Waals surface area contributed by atoms with E-state index in [4.69, 9.17) is 28.4 Å². The molecule has 1 aromatic carbocycles. The number of nitrogens with zero attached hydrogens (tertiary/aromatic N) is 1. The molecule has 0 radical (unpaired) electrons. The summed E-state index contributed by atoms with van der Waals surface area (Å²) in [6.07, 6.45) is -9.01. The van der Waals surface area contributed by atoms with E-state index in [1.54, 1.807) is 39.0 Å². The molecule has 4 fully saturated rings. The second-order valence-electron chi connectivity index (χ2n) is 18.5. The first-order valence-corrected chi connectivity index (χ1v) is 24.5. The van der Waals surface area contributed by atoms with Gasteiger partial charge in [0.2, 0.25) is 5.91 Å². The molecular weight excluding hydrogens is 873 g/mol. The van der Waals surface area contributed by atoms with Crippen molar-refractivity contribution in [1.29, 1.82) is 0 Å². The minimum atomic E-state index is -2.39. The zero-order valence-corrected chi connectivity index (χ0v) is 39.3. The third-order valence-corrected chi connectivity index (χ3v) is 15.7. The smallest absolute Gasteiger partial charge is 0.410 e. The van der Waals surface area contributed by atoms with Gasteiger partial charge in [-0.1, -0.05) is 67.5 Å². The fourth-order valence-electron chi connectivity index (χ4n) is 10.4. The number of rotatable bonds is 14. The van der Waals surface area contributed by atoms with Crippen molar-refractivity contribution < 1.29 is 72.5 Å². The molecule has 6 rings (SSSR count). The van der Waals surface area contributed by atoms with Crippen LogP contribution in [0.5, 0.6) is 0 Å². The van der Waals surface area contributed by atoms with Crippen LogP contribution in [0.1, 0.15) is 84.5 Å². The number of hydrogen-bond donors (Lipinski definition) is 4. The molecular formula is C45H62N2O15S2. The number of Topliss-reactive ketones (excluding diaryl/α,β-unsaturated/α-hetero) is 1. The van der Waals surface area contributed by atoms with Crippen molar-refractivity contribution in [2.75, 3.05) is 44.9 Å². The van der Waals surface area contributed by atoms with Crippen molar-refractivity contribution in [2.45, 2.75) is 128 Å². The molecule has 17 nitrogen and oxygen atoms in total. The number of benzene rings is 1. The second kappa shape index (κ2) is 19.6. The van der Waals surface area contributed by atoms with Gasteiger partial charge in [-0.2, -0.15) is 0 Å². The molecule has 0 aromatic heterocycles. The number of carbonyl (C=O) groups excluding carboxylic acids is 6. The van der Waals surface area contributed by atoms with Crippen LogP contribution >= 0.6 is 21.6 Å². The Labute approximate surface area is 381 Å². The SMILES string of the molecule is CSSCCC(=O)N[C@@H](CC(C)C)[C@@H](O)C(=O)O[C@H]1C[C@@]2(O)[C@@H](OC(=O)c3ccccc3)[C@@H]3[C@]4(OC(C)=O)CO[C@@H]4C[C@H](O)[C@@]3(C)C(=O)[C@H](OC(=O)N3CCOCC3)C(=C1C)C2(C)C. The maximum absolute atomic E-state index is 15.8. The Bertz CT molecular complexity index is 1980. The summed E-state index contributed by atoms with van der Waals surface area (Å²) >= 11 is 0. The number of morpholine rings is 1. The summed E-state index contributed by atoms with van der Waals surface area (Å²) in [6.45, 7) is 11.4. The van der Waals surface area contributed by atoms with Crippen molar-refractivity contribution in [3.05, 3.63) is 47.0 Å². The van der Waals surface area contributed by atoms with Crippen LogP contribution in [0.15, 0.2) is 41.5 Å². The van der Waals surface area contributed by atoms with Crippen molar-refractivity contribution in [2.24, 2.45) is 22.7 Å². The number of carbonyl (C=O) groups is 6. The van der Waals surface area contributed by atoms with E-state index < -0.39 is 107 Å². The molecule has 11 atom stereocenters. The van der Waals surface area contributed by atoms with Gasteiger partial charge in [0.05, 0.1) is 48.9 Å². The van der Waals surface area contributed by atoms with Gasteiger partial charge < -0.3 is 54.0 Å². The number of hydrogen-bond acceptors (Lipinski definition) is 17. The van der Waals surface area contributed by atoms with E-state index in [1.165, 1.54) is 45.5 Å². The molecule has 354 valence electrons.